The lowest BCUT2D eigenvalue weighted by atomic mass is 9.99. The summed E-state index contributed by atoms with van der Waals surface area (Å²) in [6, 6.07) is 12.3. The van der Waals surface area contributed by atoms with Gasteiger partial charge in [0.1, 0.15) is 11.6 Å². The summed E-state index contributed by atoms with van der Waals surface area (Å²) >= 11 is 2.01. The SMILES string of the molecule is CCC(C)c1ccc(OCC(=O)Nc2ccc(I)cc2F)cc1. The van der Waals surface area contributed by atoms with Gasteiger partial charge in [0.15, 0.2) is 6.61 Å². The molecule has 2 aromatic carbocycles. The van der Waals surface area contributed by atoms with Gasteiger partial charge in [0.2, 0.25) is 0 Å². The predicted molar refractivity (Wildman–Crippen MR) is 98.4 cm³/mol. The molecule has 0 aliphatic heterocycles. The third kappa shape index (κ3) is 5.20. The first-order chi connectivity index (χ1) is 11.0. The van der Waals surface area contributed by atoms with Gasteiger partial charge in [-0.3, -0.25) is 4.79 Å². The molecule has 0 aliphatic carbocycles. The van der Waals surface area contributed by atoms with Gasteiger partial charge in [-0.1, -0.05) is 26.0 Å². The van der Waals surface area contributed by atoms with E-state index < -0.39 is 11.7 Å². The highest BCUT2D eigenvalue weighted by Crippen LogP contribution is 2.21. The third-order valence-corrected chi connectivity index (χ3v) is 4.31. The number of nitrogens with one attached hydrogen (secondary N) is 1. The molecule has 23 heavy (non-hydrogen) atoms. The number of carbonyl (C=O) groups excluding carboxylic acids is 1. The van der Waals surface area contributed by atoms with Crippen LogP contribution in [0.4, 0.5) is 10.1 Å². The Morgan fingerprint density at radius 3 is 2.57 bits per heavy atom. The molecule has 122 valence electrons. The molecule has 1 N–H and O–H groups in total. The average molecular weight is 427 g/mol. The lowest BCUT2D eigenvalue weighted by Crippen LogP contribution is -2.20. The van der Waals surface area contributed by atoms with Crippen molar-refractivity contribution in [2.75, 3.05) is 11.9 Å². The predicted octanol–water partition coefficient (Wildman–Crippen LogP) is 4.96. The topological polar surface area (TPSA) is 38.3 Å². The van der Waals surface area contributed by atoms with Gasteiger partial charge >= 0.3 is 0 Å². The van der Waals surface area contributed by atoms with Gasteiger partial charge in [-0.2, -0.15) is 0 Å². The van der Waals surface area contributed by atoms with Crippen molar-refractivity contribution < 1.29 is 13.9 Å². The number of hydrogen-bond donors (Lipinski definition) is 1. The molecule has 0 aromatic heterocycles. The molecule has 2 aromatic rings. The van der Waals surface area contributed by atoms with E-state index in [1.807, 2.05) is 46.9 Å². The number of carbonyl (C=O) groups is 1. The second-order valence-electron chi connectivity index (χ2n) is 5.34. The maximum absolute atomic E-state index is 13.7. The highest BCUT2D eigenvalue weighted by Gasteiger charge is 2.09. The first kappa shape index (κ1) is 17.7. The molecule has 3 nitrogen and oxygen atoms in total. The van der Waals surface area contributed by atoms with Gasteiger partial charge in [-0.15, -0.1) is 0 Å². The second kappa shape index (κ2) is 8.29. The molecular weight excluding hydrogens is 408 g/mol. The molecule has 0 radical (unpaired) electrons. The van der Waals surface area contributed by atoms with Gasteiger partial charge < -0.3 is 10.1 Å². The Bertz CT molecular complexity index is 673. The molecule has 0 saturated heterocycles. The zero-order valence-corrected chi connectivity index (χ0v) is 15.3. The summed E-state index contributed by atoms with van der Waals surface area (Å²) in [5, 5.41) is 2.50. The average Bonchev–Trinajstić information content (AvgIpc) is 2.55. The number of rotatable bonds is 6. The fourth-order valence-electron chi connectivity index (χ4n) is 2.05. The molecular formula is C18H19FINO2. The van der Waals surface area contributed by atoms with E-state index in [9.17, 15) is 9.18 Å². The van der Waals surface area contributed by atoms with Crippen molar-refractivity contribution in [2.24, 2.45) is 0 Å². The zero-order chi connectivity index (χ0) is 16.8. The van der Waals surface area contributed by atoms with Crippen molar-refractivity contribution in [1.29, 1.82) is 0 Å². The minimum absolute atomic E-state index is 0.158. The van der Waals surface area contributed by atoms with Crippen LogP contribution in [0.15, 0.2) is 42.5 Å². The van der Waals surface area contributed by atoms with Gasteiger partial charge in [0, 0.05) is 3.57 Å². The Morgan fingerprint density at radius 1 is 1.26 bits per heavy atom. The minimum Gasteiger partial charge on any atom is -0.484 e. The van der Waals surface area contributed by atoms with E-state index in [1.165, 1.54) is 17.7 Å². The molecule has 0 saturated carbocycles. The summed E-state index contributed by atoms with van der Waals surface area (Å²) in [4.78, 5) is 11.8. The standard InChI is InChI=1S/C18H19FINO2/c1-3-12(2)13-4-7-15(8-5-13)23-11-18(22)21-17-9-6-14(20)10-16(17)19/h4-10,12H,3,11H2,1-2H3,(H,21,22). The first-order valence-electron chi connectivity index (χ1n) is 7.47. The van der Waals surface area contributed by atoms with Gasteiger partial charge in [-0.05, 0) is 70.8 Å². The molecule has 2 rings (SSSR count). The monoisotopic (exact) mass is 427 g/mol. The van der Waals surface area contributed by atoms with Crippen LogP contribution in [0, 0.1) is 9.39 Å². The van der Waals surface area contributed by atoms with E-state index in [4.69, 9.17) is 4.74 Å². The summed E-state index contributed by atoms with van der Waals surface area (Å²) in [7, 11) is 0. The smallest absolute Gasteiger partial charge is 0.262 e. The maximum atomic E-state index is 13.7. The largest absolute Gasteiger partial charge is 0.484 e. The van der Waals surface area contributed by atoms with Crippen LogP contribution in [0.25, 0.3) is 0 Å². The Labute approximate surface area is 149 Å². The van der Waals surface area contributed by atoms with Gasteiger partial charge in [0.05, 0.1) is 5.69 Å². The van der Waals surface area contributed by atoms with Gasteiger partial charge in [-0.25, -0.2) is 4.39 Å². The van der Waals surface area contributed by atoms with Crippen LogP contribution in [-0.2, 0) is 4.79 Å². The van der Waals surface area contributed by atoms with Crippen molar-refractivity contribution in [2.45, 2.75) is 26.2 Å². The third-order valence-electron chi connectivity index (χ3n) is 3.64. The summed E-state index contributed by atoms with van der Waals surface area (Å²) in [5.41, 5.74) is 1.40. The van der Waals surface area contributed by atoms with E-state index in [0.717, 1.165) is 9.99 Å². The highest BCUT2D eigenvalue weighted by molar-refractivity contribution is 14.1. The second-order valence-corrected chi connectivity index (χ2v) is 6.58. The first-order valence-corrected chi connectivity index (χ1v) is 8.55. The van der Waals surface area contributed by atoms with E-state index >= 15 is 0 Å². The summed E-state index contributed by atoms with van der Waals surface area (Å²) in [6.07, 6.45) is 1.07. The van der Waals surface area contributed by atoms with Gasteiger partial charge in [0.25, 0.3) is 5.91 Å². The summed E-state index contributed by atoms with van der Waals surface area (Å²) in [6.45, 7) is 4.15. The van der Waals surface area contributed by atoms with E-state index in [1.54, 1.807) is 6.07 Å². The lowest BCUT2D eigenvalue weighted by molar-refractivity contribution is -0.118. The van der Waals surface area contributed by atoms with E-state index in [0.29, 0.717) is 11.7 Å². The Morgan fingerprint density at radius 2 is 1.96 bits per heavy atom. The number of halogens is 2. The normalized spacial score (nSPS) is 11.8. The number of benzene rings is 2. The summed E-state index contributed by atoms with van der Waals surface area (Å²) < 4.78 is 19.9. The lowest BCUT2D eigenvalue weighted by Gasteiger charge is -2.11. The molecule has 1 atom stereocenters. The van der Waals surface area contributed by atoms with Crippen molar-refractivity contribution in [3.63, 3.8) is 0 Å². The molecule has 0 fully saturated rings. The van der Waals surface area contributed by atoms with Crippen molar-refractivity contribution >= 4 is 34.2 Å². The molecule has 0 heterocycles. The molecule has 0 spiro atoms. The fourth-order valence-corrected chi connectivity index (χ4v) is 2.51. The molecule has 1 unspecified atom stereocenters. The van der Waals surface area contributed by atoms with Crippen LogP contribution in [0.2, 0.25) is 0 Å². The highest BCUT2D eigenvalue weighted by atomic mass is 127. The van der Waals surface area contributed by atoms with E-state index in [2.05, 4.69) is 19.2 Å². The summed E-state index contributed by atoms with van der Waals surface area (Å²) in [5.74, 6) is 0.269. The van der Waals surface area contributed by atoms with Crippen LogP contribution >= 0.6 is 22.6 Å². The fraction of sp³-hybridized carbons (Fsp3) is 0.278. The van der Waals surface area contributed by atoms with Crippen LogP contribution in [0.5, 0.6) is 5.75 Å². The quantitative estimate of drug-likeness (QED) is 0.662. The Balaban J connectivity index is 1.89. The molecule has 5 heteroatoms. The Hall–Kier alpha value is -1.63. The Kier molecular flexibility index (Phi) is 6.38. The maximum Gasteiger partial charge on any atom is 0.262 e. The molecule has 0 bridgehead atoms. The minimum atomic E-state index is -0.455. The number of ether oxygens (including phenoxy) is 1. The van der Waals surface area contributed by atoms with Crippen LogP contribution < -0.4 is 10.1 Å². The van der Waals surface area contributed by atoms with E-state index in [-0.39, 0.29) is 12.3 Å². The number of hydrogen-bond acceptors (Lipinski definition) is 2. The van der Waals surface area contributed by atoms with Crippen molar-refractivity contribution in [3.8, 4) is 5.75 Å². The van der Waals surface area contributed by atoms with Crippen molar-refractivity contribution in [3.05, 3.63) is 57.4 Å². The van der Waals surface area contributed by atoms with Crippen LogP contribution in [0.1, 0.15) is 31.7 Å². The van der Waals surface area contributed by atoms with Crippen LogP contribution in [0.3, 0.4) is 0 Å². The number of amides is 1. The number of anilines is 1. The molecule has 1 amide bonds. The van der Waals surface area contributed by atoms with Crippen molar-refractivity contribution in [1.82, 2.24) is 0 Å². The zero-order valence-electron chi connectivity index (χ0n) is 13.1. The molecule has 0 aliphatic rings. The van der Waals surface area contributed by atoms with Crippen LogP contribution in [-0.4, -0.2) is 12.5 Å².